The average Bonchev–Trinajstić information content (AvgIpc) is 2.73. The number of hydrogen-bond acceptors (Lipinski definition) is 6. The third-order valence-corrected chi connectivity index (χ3v) is 7.24. The standard InChI is InChI=1S/C24H27F2NO5S/c1-5-6-11-31-23(28)10-7-20-16(2)21(8-9-22(20)33(29,30)24(3,4)26)32-19-13-17(15-27)12-18(25)14-19/h8-9,12-14H,5-7,10-11H2,1-4H3. The van der Waals surface area contributed by atoms with Crippen molar-refractivity contribution in [2.75, 3.05) is 6.61 Å². The Labute approximate surface area is 193 Å². The molecule has 2 aromatic carbocycles. The van der Waals surface area contributed by atoms with E-state index in [-0.39, 0.29) is 47.0 Å². The summed E-state index contributed by atoms with van der Waals surface area (Å²) in [6.45, 7) is 5.68. The lowest BCUT2D eigenvalue weighted by Gasteiger charge is -2.21. The minimum Gasteiger partial charge on any atom is -0.466 e. The van der Waals surface area contributed by atoms with Crippen LogP contribution in [0.25, 0.3) is 0 Å². The Morgan fingerprint density at radius 3 is 2.52 bits per heavy atom. The van der Waals surface area contributed by atoms with Crippen LogP contribution in [0.15, 0.2) is 35.2 Å². The molecule has 0 bridgehead atoms. The summed E-state index contributed by atoms with van der Waals surface area (Å²) < 4.78 is 64.9. The second kappa shape index (κ2) is 10.8. The second-order valence-electron chi connectivity index (χ2n) is 8.00. The number of nitriles is 1. The largest absolute Gasteiger partial charge is 0.466 e. The van der Waals surface area contributed by atoms with Gasteiger partial charge in [-0.2, -0.15) is 5.26 Å². The van der Waals surface area contributed by atoms with Crippen molar-refractivity contribution in [3.8, 4) is 17.6 Å². The van der Waals surface area contributed by atoms with Gasteiger partial charge >= 0.3 is 5.97 Å². The highest BCUT2D eigenvalue weighted by Gasteiger charge is 2.38. The number of carbonyl (C=O) groups is 1. The first kappa shape index (κ1) is 26.3. The molecule has 0 amide bonds. The SMILES string of the molecule is CCCCOC(=O)CCc1c(S(=O)(=O)C(C)(C)F)ccc(Oc2cc(F)cc(C#N)c2)c1C. The Hall–Kier alpha value is -2.99. The Morgan fingerprint density at radius 2 is 1.91 bits per heavy atom. The van der Waals surface area contributed by atoms with Gasteiger partial charge in [-0.05, 0) is 69.0 Å². The fourth-order valence-corrected chi connectivity index (χ4v) is 4.44. The lowest BCUT2D eigenvalue weighted by Crippen LogP contribution is -2.27. The summed E-state index contributed by atoms with van der Waals surface area (Å²) in [5, 5.41) is 6.48. The number of unbranched alkanes of at least 4 members (excludes halogenated alkanes) is 1. The molecule has 2 aromatic rings. The minimum atomic E-state index is -4.38. The molecule has 0 saturated heterocycles. The number of ether oxygens (including phenoxy) is 2. The van der Waals surface area contributed by atoms with Crippen molar-refractivity contribution in [3.63, 3.8) is 0 Å². The Kier molecular flexibility index (Phi) is 8.56. The van der Waals surface area contributed by atoms with Gasteiger partial charge in [-0.3, -0.25) is 4.79 Å². The molecule has 0 aromatic heterocycles. The molecule has 0 aliphatic carbocycles. The normalized spacial score (nSPS) is 11.7. The van der Waals surface area contributed by atoms with Gasteiger partial charge in [-0.15, -0.1) is 0 Å². The van der Waals surface area contributed by atoms with E-state index in [1.807, 2.05) is 13.0 Å². The van der Waals surface area contributed by atoms with E-state index < -0.39 is 26.6 Å². The van der Waals surface area contributed by atoms with Crippen molar-refractivity contribution in [2.45, 2.75) is 63.3 Å². The fraction of sp³-hybridized carbons (Fsp3) is 0.417. The van der Waals surface area contributed by atoms with Crippen molar-refractivity contribution in [1.82, 2.24) is 0 Å². The zero-order valence-electron chi connectivity index (χ0n) is 19.1. The fourth-order valence-electron chi connectivity index (χ4n) is 3.09. The number of hydrogen-bond donors (Lipinski definition) is 0. The third kappa shape index (κ3) is 6.51. The van der Waals surface area contributed by atoms with Crippen LogP contribution in [-0.2, 0) is 25.8 Å². The molecular weight excluding hydrogens is 452 g/mol. The van der Waals surface area contributed by atoms with Crippen LogP contribution >= 0.6 is 0 Å². The number of sulfone groups is 1. The smallest absolute Gasteiger partial charge is 0.306 e. The Balaban J connectivity index is 2.47. The maximum absolute atomic E-state index is 14.6. The minimum absolute atomic E-state index is 0.0226. The number of halogens is 2. The monoisotopic (exact) mass is 479 g/mol. The van der Waals surface area contributed by atoms with Gasteiger partial charge in [0.05, 0.1) is 23.1 Å². The topological polar surface area (TPSA) is 93.5 Å². The van der Waals surface area contributed by atoms with Gasteiger partial charge < -0.3 is 9.47 Å². The molecular formula is C24H27F2NO5S. The highest BCUT2D eigenvalue weighted by atomic mass is 32.2. The van der Waals surface area contributed by atoms with Gasteiger partial charge in [0, 0.05) is 12.5 Å². The summed E-state index contributed by atoms with van der Waals surface area (Å²) in [5.74, 6) is -0.939. The number of alkyl halides is 1. The van der Waals surface area contributed by atoms with E-state index in [4.69, 9.17) is 14.7 Å². The molecule has 33 heavy (non-hydrogen) atoms. The second-order valence-corrected chi connectivity index (χ2v) is 10.4. The first-order valence-corrected chi connectivity index (χ1v) is 12.0. The van der Waals surface area contributed by atoms with Crippen LogP contribution in [0.2, 0.25) is 0 Å². The number of carbonyl (C=O) groups excluding carboxylic acids is 1. The van der Waals surface area contributed by atoms with E-state index in [1.54, 1.807) is 6.92 Å². The molecule has 0 saturated carbocycles. The summed E-state index contributed by atoms with van der Waals surface area (Å²) in [6, 6.07) is 7.85. The van der Waals surface area contributed by atoms with Crippen LogP contribution in [0.4, 0.5) is 8.78 Å². The van der Waals surface area contributed by atoms with Crippen molar-refractivity contribution < 1.29 is 31.5 Å². The maximum Gasteiger partial charge on any atom is 0.306 e. The molecule has 0 fully saturated rings. The van der Waals surface area contributed by atoms with Crippen LogP contribution in [0.5, 0.6) is 11.5 Å². The van der Waals surface area contributed by atoms with Gasteiger partial charge in [0.25, 0.3) is 0 Å². The molecule has 0 unspecified atom stereocenters. The van der Waals surface area contributed by atoms with Crippen molar-refractivity contribution >= 4 is 15.8 Å². The molecule has 0 atom stereocenters. The summed E-state index contributed by atoms with van der Waals surface area (Å²) in [4.78, 5) is 11.8. The van der Waals surface area contributed by atoms with Crippen LogP contribution in [0, 0.1) is 24.1 Å². The molecule has 0 spiro atoms. The zero-order valence-corrected chi connectivity index (χ0v) is 19.9. The summed E-state index contributed by atoms with van der Waals surface area (Å²) in [7, 11) is -4.38. The predicted octanol–water partition coefficient (Wildman–Crippen LogP) is 5.55. The number of benzene rings is 2. The van der Waals surface area contributed by atoms with Gasteiger partial charge in [-0.25, -0.2) is 17.2 Å². The van der Waals surface area contributed by atoms with E-state index in [9.17, 15) is 22.0 Å². The number of nitrogens with zero attached hydrogens (tertiary/aromatic N) is 1. The van der Waals surface area contributed by atoms with Crippen molar-refractivity contribution in [2.24, 2.45) is 0 Å². The number of esters is 1. The van der Waals surface area contributed by atoms with Gasteiger partial charge in [0.1, 0.15) is 17.3 Å². The molecule has 0 aliphatic heterocycles. The van der Waals surface area contributed by atoms with Crippen LogP contribution in [0.1, 0.15) is 56.7 Å². The van der Waals surface area contributed by atoms with Gasteiger partial charge in [0.2, 0.25) is 14.8 Å². The van der Waals surface area contributed by atoms with E-state index in [1.165, 1.54) is 18.2 Å². The average molecular weight is 480 g/mol. The van der Waals surface area contributed by atoms with E-state index >= 15 is 0 Å². The lowest BCUT2D eigenvalue weighted by atomic mass is 10.0. The van der Waals surface area contributed by atoms with E-state index in [2.05, 4.69) is 0 Å². The summed E-state index contributed by atoms with van der Waals surface area (Å²) in [5.41, 5.74) is 0.614. The van der Waals surface area contributed by atoms with Crippen LogP contribution < -0.4 is 4.74 Å². The highest BCUT2D eigenvalue weighted by molar-refractivity contribution is 7.92. The van der Waals surface area contributed by atoms with Crippen molar-refractivity contribution in [3.05, 3.63) is 52.8 Å². The molecule has 0 N–H and O–H groups in total. The van der Waals surface area contributed by atoms with E-state index in [0.29, 0.717) is 12.0 Å². The number of rotatable bonds is 10. The highest BCUT2D eigenvalue weighted by Crippen LogP contribution is 2.36. The van der Waals surface area contributed by atoms with Crippen molar-refractivity contribution in [1.29, 1.82) is 5.26 Å². The Bertz CT molecular complexity index is 1160. The predicted molar refractivity (Wildman–Crippen MR) is 119 cm³/mol. The molecule has 0 radical (unpaired) electrons. The molecule has 0 aliphatic rings. The molecule has 0 heterocycles. The molecule has 2 rings (SSSR count). The third-order valence-electron chi connectivity index (χ3n) is 5.00. The lowest BCUT2D eigenvalue weighted by molar-refractivity contribution is -0.143. The summed E-state index contributed by atoms with van der Waals surface area (Å²) in [6.07, 6.45) is 1.43. The van der Waals surface area contributed by atoms with E-state index in [0.717, 1.165) is 32.4 Å². The van der Waals surface area contributed by atoms with Gasteiger partial charge in [-0.1, -0.05) is 13.3 Å². The Morgan fingerprint density at radius 1 is 1.21 bits per heavy atom. The van der Waals surface area contributed by atoms with Crippen LogP contribution in [-0.4, -0.2) is 26.0 Å². The summed E-state index contributed by atoms with van der Waals surface area (Å²) >= 11 is 0. The van der Waals surface area contributed by atoms with Crippen LogP contribution in [0.3, 0.4) is 0 Å². The van der Waals surface area contributed by atoms with Gasteiger partial charge in [0.15, 0.2) is 0 Å². The maximum atomic E-state index is 14.6. The molecule has 9 heteroatoms. The quantitative estimate of drug-likeness (QED) is 0.327. The molecule has 6 nitrogen and oxygen atoms in total. The first-order valence-electron chi connectivity index (χ1n) is 10.5. The zero-order chi connectivity index (χ0) is 24.8. The first-order chi connectivity index (χ1) is 15.4. The molecule has 178 valence electrons.